The van der Waals surface area contributed by atoms with Crippen molar-refractivity contribution in [3.63, 3.8) is 0 Å². The third-order valence-corrected chi connectivity index (χ3v) is 7.47. The zero-order valence-electron chi connectivity index (χ0n) is 15.5. The van der Waals surface area contributed by atoms with Crippen LogP contribution in [0.25, 0.3) is 0 Å². The van der Waals surface area contributed by atoms with E-state index in [1.54, 1.807) is 0 Å². The number of fused-ring (bicyclic) bond motifs is 1. The molecule has 1 heterocycles. The van der Waals surface area contributed by atoms with Crippen molar-refractivity contribution in [3.05, 3.63) is 65.2 Å². The normalized spacial score (nSPS) is 30.5. The lowest BCUT2D eigenvalue weighted by Gasteiger charge is -2.59. The van der Waals surface area contributed by atoms with E-state index in [0.717, 1.165) is 18.8 Å². The highest BCUT2D eigenvalue weighted by atomic mass is 16.3. The maximum absolute atomic E-state index is 10.1. The summed E-state index contributed by atoms with van der Waals surface area (Å²) in [5.41, 5.74) is 4.77. The maximum Gasteiger partial charge on any atom is 0.115 e. The fourth-order valence-corrected chi connectivity index (χ4v) is 6.27. The average molecular weight is 348 g/mol. The number of likely N-dealkylation sites (tertiary alicyclic amines) is 1. The van der Waals surface area contributed by atoms with E-state index in [2.05, 4.69) is 47.4 Å². The summed E-state index contributed by atoms with van der Waals surface area (Å²) in [6.07, 6.45) is 8.99. The molecule has 2 fully saturated rings. The van der Waals surface area contributed by atoms with Gasteiger partial charge in [-0.15, -0.1) is 0 Å². The molecule has 2 aliphatic carbocycles. The van der Waals surface area contributed by atoms with Crippen LogP contribution >= 0.6 is 0 Å². The van der Waals surface area contributed by atoms with Crippen molar-refractivity contribution >= 4 is 0 Å². The molecule has 0 unspecified atom stereocenters. The largest absolute Gasteiger partial charge is 0.508 e. The second-order valence-corrected chi connectivity index (χ2v) is 8.64. The van der Waals surface area contributed by atoms with Gasteiger partial charge in [0.25, 0.3) is 0 Å². The zero-order chi connectivity index (χ0) is 17.6. The molecular weight excluding hydrogens is 318 g/mol. The number of piperidine rings is 1. The van der Waals surface area contributed by atoms with Gasteiger partial charge in [-0.25, -0.2) is 0 Å². The molecule has 1 saturated heterocycles. The Kier molecular flexibility index (Phi) is 4.04. The minimum atomic E-state index is 0.332. The van der Waals surface area contributed by atoms with Crippen molar-refractivity contribution in [2.75, 3.05) is 13.1 Å². The molecule has 2 aromatic carbocycles. The molecule has 5 rings (SSSR count). The number of benzene rings is 2. The van der Waals surface area contributed by atoms with Crippen LogP contribution in [-0.4, -0.2) is 29.1 Å². The Hall–Kier alpha value is -1.80. The van der Waals surface area contributed by atoms with Crippen molar-refractivity contribution in [1.29, 1.82) is 0 Å². The molecule has 1 aliphatic heterocycles. The minimum absolute atomic E-state index is 0.332. The molecule has 1 saturated carbocycles. The lowest BCUT2D eigenvalue weighted by atomic mass is 9.52. The van der Waals surface area contributed by atoms with Gasteiger partial charge in [0.1, 0.15) is 5.75 Å². The van der Waals surface area contributed by atoms with Crippen molar-refractivity contribution in [2.24, 2.45) is 5.92 Å². The molecule has 0 aromatic heterocycles. The first-order valence-corrected chi connectivity index (χ1v) is 10.4. The van der Waals surface area contributed by atoms with Gasteiger partial charge in [-0.05, 0) is 73.4 Å². The smallest absolute Gasteiger partial charge is 0.115 e. The summed E-state index contributed by atoms with van der Waals surface area (Å²) >= 11 is 0. The number of nitrogens with zero attached hydrogens (tertiary/aromatic N) is 1. The van der Waals surface area contributed by atoms with Crippen LogP contribution in [0, 0.1) is 5.92 Å². The molecule has 3 atom stereocenters. The Balaban J connectivity index is 1.45. The van der Waals surface area contributed by atoms with Gasteiger partial charge >= 0.3 is 0 Å². The van der Waals surface area contributed by atoms with E-state index < -0.39 is 0 Å². The monoisotopic (exact) mass is 347 g/mol. The van der Waals surface area contributed by atoms with Crippen molar-refractivity contribution in [3.8, 4) is 5.75 Å². The fraction of sp³-hybridized carbons (Fsp3) is 0.500. The molecular formula is C24H29NO. The van der Waals surface area contributed by atoms with Gasteiger partial charge in [0, 0.05) is 18.0 Å². The van der Waals surface area contributed by atoms with Gasteiger partial charge in [-0.3, -0.25) is 4.90 Å². The Morgan fingerprint density at radius 2 is 1.92 bits per heavy atom. The number of hydrogen-bond acceptors (Lipinski definition) is 2. The first-order chi connectivity index (χ1) is 12.8. The quantitative estimate of drug-likeness (QED) is 0.870. The Bertz CT molecular complexity index is 786. The van der Waals surface area contributed by atoms with E-state index in [4.69, 9.17) is 0 Å². The maximum atomic E-state index is 10.1. The zero-order valence-corrected chi connectivity index (χ0v) is 15.5. The molecule has 2 heteroatoms. The molecule has 2 aromatic rings. The Labute approximate surface area is 156 Å². The predicted octanol–water partition coefficient (Wildman–Crippen LogP) is 4.69. The van der Waals surface area contributed by atoms with Crippen LogP contribution in [0.2, 0.25) is 0 Å². The van der Waals surface area contributed by atoms with Crippen LogP contribution in [0.15, 0.2) is 48.5 Å². The van der Waals surface area contributed by atoms with Crippen LogP contribution < -0.4 is 0 Å². The third kappa shape index (κ3) is 2.58. The number of rotatable bonds is 3. The van der Waals surface area contributed by atoms with Crippen LogP contribution in [0.1, 0.15) is 48.8 Å². The van der Waals surface area contributed by atoms with Gasteiger partial charge in [0.15, 0.2) is 0 Å². The number of phenolic OH excluding ortho intramolecular Hbond substituents is 1. The molecule has 2 nitrogen and oxygen atoms in total. The van der Waals surface area contributed by atoms with E-state index in [1.165, 1.54) is 61.9 Å². The fourth-order valence-electron chi connectivity index (χ4n) is 6.27. The van der Waals surface area contributed by atoms with Crippen molar-refractivity contribution in [2.45, 2.75) is 56.4 Å². The lowest BCUT2D eigenvalue weighted by molar-refractivity contribution is -0.0106. The van der Waals surface area contributed by atoms with E-state index in [0.29, 0.717) is 17.2 Å². The molecule has 0 spiro atoms. The van der Waals surface area contributed by atoms with Gasteiger partial charge in [0.2, 0.25) is 0 Å². The first kappa shape index (κ1) is 16.4. The molecule has 26 heavy (non-hydrogen) atoms. The van der Waals surface area contributed by atoms with E-state index in [9.17, 15) is 5.11 Å². The van der Waals surface area contributed by atoms with E-state index in [-0.39, 0.29) is 0 Å². The molecule has 1 N–H and O–H groups in total. The summed E-state index contributed by atoms with van der Waals surface area (Å²) in [4.78, 5) is 2.79. The summed E-state index contributed by atoms with van der Waals surface area (Å²) in [7, 11) is 0. The Morgan fingerprint density at radius 3 is 2.81 bits per heavy atom. The summed E-state index contributed by atoms with van der Waals surface area (Å²) < 4.78 is 0. The lowest BCUT2D eigenvalue weighted by Crippen LogP contribution is -2.61. The first-order valence-electron chi connectivity index (χ1n) is 10.4. The highest BCUT2D eigenvalue weighted by molar-refractivity contribution is 5.45. The second-order valence-electron chi connectivity index (χ2n) is 8.64. The predicted molar refractivity (Wildman–Crippen MR) is 106 cm³/mol. The Morgan fingerprint density at radius 1 is 1.04 bits per heavy atom. The number of aromatic hydroxyl groups is 1. The number of phenols is 1. The second kappa shape index (κ2) is 6.42. The summed E-state index contributed by atoms with van der Waals surface area (Å²) in [5, 5.41) is 10.1. The molecule has 136 valence electrons. The van der Waals surface area contributed by atoms with Crippen LogP contribution in [0.5, 0.6) is 5.75 Å². The average Bonchev–Trinajstić information content (AvgIpc) is 2.69. The van der Waals surface area contributed by atoms with Crippen molar-refractivity contribution < 1.29 is 5.11 Å². The third-order valence-electron chi connectivity index (χ3n) is 7.47. The van der Waals surface area contributed by atoms with Crippen molar-refractivity contribution in [1.82, 2.24) is 4.90 Å². The molecule has 0 amide bonds. The molecule has 0 radical (unpaired) electrons. The number of hydrogen-bond donors (Lipinski definition) is 1. The highest BCUT2D eigenvalue weighted by Gasteiger charge is 2.53. The minimum Gasteiger partial charge on any atom is -0.508 e. The summed E-state index contributed by atoms with van der Waals surface area (Å²) in [6, 6.07) is 17.8. The van der Waals surface area contributed by atoms with Gasteiger partial charge in [-0.2, -0.15) is 0 Å². The summed E-state index contributed by atoms with van der Waals surface area (Å²) in [5.74, 6) is 1.22. The topological polar surface area (TPSA) is 23.5 Å². The van der Waals surface area contributed by atoms with E-state index in [1.807, 2.05) is 6.07 Å². The highest BCUT2D eigenvalue weighted by Crippen LogP contribution is 2.56. The van der Waals surface area contributed by atoms with E-state index >= 15 is 0 Å². The molecule has 2 bridgehead atoms. The van der Waals surface area contributed by atoms with Gasteiger partial charge in [0.05, 0.1) is 0 Å². The SMILES string of the molecule is Oc1ccc2c(c1)[C@@]13CCCC[C@@H]1[C@H](C2)N(CCc1ccccc1)CC3. The van der Waals surface area contributed by atoms with Crippen LogP contribution in [0.4, 0.5) is 0 Å². The van der Waals surface area contributed by atoms with Crippen LogP contribution in [-0.2, 0) is 18.3 Å². The molecule has 3 aliphatic rings. The standard InChI is InChI=1S/C24H29NO/c26-20-10-9-19-16-23-21-8-4-5-12-24(21,22(19)17-20)13-15-25(23)14-11-18-6-2-1-3-7-18/h1-3,6-7,9-10,17,21,23,26H,4-5,8,11-16H2/t21-,23+,24-/m1/s1. The van der Waals surface area contributed by atoms with Crippen LogP contribution in [0.3, 0.4) is 0 Å². The van der Waals surface area contributed by atoms with Gasteiger partial charge < -0.3 is 5.11 Å². The van der Waals surface area contributed by atoms with Gasteiger partial charge in [-0.1, -0.05) is 49.2 Å². The summed E-state index contributed by atoms with van der Waals surface area (Å²) in [6.45, 7) is 2.39.